The maximum absolute atomic E-state index is 12.1. The third kappa shape index (κ3) is 2.59. The topological polar surface area (TPSA) is 61.8 Å². The maximum Gasteiger partial charge on any atom is 0.507 e. The van der Waals surface area contributed by atoms with Crippen LogP contribution in [0.3, 0.4) is 0 Å². The van der Waals surface area contributed by atoms with Gasteiger partial charge in [-0.25, -0.2) is 0 Å². The number of rotatable bonds is 1. The summed E-state index contributed by atoms with van der Waals surface area (Å²) < 4.78 is 36.4. The van der Waals surface area contributed by atoms with Crippen molar-refractivity contribution in [3.8, 4) is 0 Å². The molecule has 1 heterocycles. The van der Waals surface area contributed by atoms with E-state index < -0.39 is 29.5 Å². The number of alkyl halides is 3. The Balaban J connectivity index is 2.76. The van der Waals surface area contributed by atoms with E-state index >= 15 is 0 Å². The lowest BCUT2D eigenvalue weighted by atomic mass is 10.3. The molecule has 0 saturated carbocycles. The Kier molecular flexibility index (Phi) is 3.02. The zero-order valence-corrected chi connectivity index (χ0v) is 8.26. The number of amides is 2. The quantitative estimate of drug-likeness (QED) is 0.538. The highest BCUT2D eigenvalue weighted by atomic mass is 19.4. The molecule has 16 heavy (non-hydrogen) atoms. The minimum Gasteiger partial charge on any atom is -0.308 e. The second kappa shape index (κ2) is 3.95. The molecule has 5 nitrogen and oxygen atoms in total. The highest BCUT2D eigenvalue weighted by Crippen LogP contribution is 2.25. The molecule has 0 bridgehead atoms. The maximum atomic E-state index is 12.1. The van der Waals surface area contributed by atoms with E-state index in [4.69, 9.17) is 0 Å². The first kappa shape index (κ1) is 12.2. The van der Waals surface area contributed by atoms with Crippen molar-refractivity contribution >= 4 is 17.6 Å². The van der Waals surface area contributed by atoms with Crippen LogP contribution in [0.4, 0.5) is 13.2 Å². The summed E-state index contributed by atoms with van der Waals surface area (Å²) in [4.78, 5) is 22.0. The molecular weight excluding hydrogens is 227 g/mol. The summed E-state index contributed by atoms with van der Waals surface area (Å²) in [5.41, 5.74) is 0.112. The number of hydrogen-bond acceptors (Lipinski definition) is 3. The van der Waals surface area contributed by atoms with E-state index in [1.165, 1.54) is 6.92 Å². The van der Waals surface area contributed by atoms with Crippen molar-refractivity contribution in [3.63, 3.8) is 0 Å². The summed E-state index contributed by atoms with van der Waals surface area (Å²) in [6.45, 7) is 4.68. The summed E-state index contributed by atoms with van der Waals surface area (Å²) in [5.74, 6) is -2.24. The molecule has 0 radical (unpaired) electrons. The highest BCUT2D eigenvalue weighted by molar-refractivity contribution is 6.12. The van der Waals surface area contributed by atoms with Crippen LogP contribution >= 0.6 is 0 Å². The van der Waals surface area contributed by atoms with E-state index in [-0.39, 0.29) is 11.4 Å². The normalized spacial score (nSPS) is 16.1. The molecule has 8 heteroatoms. The minimum absolute atomic E-state index is 0.112. The highest BCUT2D eigenvalue weighted by Gasteiger charge is 2.45. The number of hydrogen-bond donors (Lipinski definition) is 1. The number of carbonyl (C=O) groups excluding carboxylic acids is 2. The van der Waals surface area contributed by atoms with Crippen LogP contribution in [0.5, 0.6) is 0 Å². The number of carbonyl (C=O) groups is 2. The van der Waals surface area contributed by atoms with Gasteiger partial charge in [-0.15, -0.1) is 23.3 Å². The van der Waals surface area contributed by atoms with Crippen LogP contribution in [0.15, 0.2) is 17.3 Å². The zero-order valence-electron chi connectivity index (χ0n) is 8.26. The lowest BCUT2D eigenvalue weighted by Gasteiger charge is -2.13. The van der Waals surface area contributed by atoms with Crippen LogP contribution in [0.2, 0.25) is 0 Å². The molecule has 0 saturated heterocycles. The molecule has 0 aromatic rings. The van der Waals surface area contributed by atoms with Gasteiger partial charge in [0.1, 0.15) is 5.84 Å². The minimum atomic E-state index is -4.87. The molecule has 1 aliphatic rings. The van der Waals surface area contributed by atoms with Gasteiger partial charge in [0, 0.05) is 5.57 Å². The molecule has 1 rings (SSSR count). The van der Waals surface area contributed by atoms with E-state index in [0.29, 0.717) is 0 Å². The number of amidine groups is 1. The van der Waals surface area contributed by atoms with Crippen molar-refractivity contribution in [2.75, 3.05) is 0 Å². The predicted octanol–water partition coefficient (Wildman–Crippen LogP) is 0.744. The van der Waals surface area contributed by atoms with E-state index in [1.807, 2.05) is 0 Å². The molecule has 2 amide bonds. The average Bonchev–Trinajstić information content (AvgIpc) is 2.45. The SMILES string of the molecule is C=C(C)C(=O)NC1=NN(C(F)(F)F)C(=O)C1. The van der Waals surface area contributed by atoms with Gasteiger partial charge in [-0.2, -0.15) is 0 Å². The summed E-state index contributed by atoms with van der Waals surface area (Å²) in [6.07, 6.45) is -5.45. The molecule has 1 N–H and O–H groups in total. The van der Waals surface area contributed by atoms with Crippen molar-refractivity contribution in [2.24, 2.45) is 5.10 Å². The van der Waals surface area contributed by atoms with Crippen molar-refractivity contribution in [2.45, 2.75) is 19.6 Å². The van der Waals surface area contributed by atoms with Gasteiger partial charge >= 0.3 is 6.30 Å². The molecule has 0 aromatic heterocycles. The first-order valence-electron chi connectivity index (χ1n) is 4.16. The van der Waals surface area contributed by atoms with Gasteiger partial charge in [0.25, 0.3) is 11.8 Å². The molecule has 0 unspecified atom stereocenters. The first-order chi connectivity index (χ1) is 7.21. The lowest BCUT2D eigenvalue weighted by Crippen LogP contribution is -2.35. The zero-order chi connectivity index (χ0) is 12.5. The van der Waals surface area contributed by atoms with Gasteiger partial charge in [-0.05, 0) is 6.92 Å². The van der Waals surface area contributed by atoms with Gasteiger partial charge in [-0.3, -0.25) is 9.59 Å². The van der Waals surface area contributed by atoms with Crippen LogP contribution in [-0.2, 0) is 9.59 Å². The van der Waals surface area contributed by atoms with Crippen molar-refractivity contribution in [3.05, 3.63) is 12.2 Å². The Morgan fingerprint density at radius 1 is 1.56 bits per heavy atom. The number of halogens is 3. The van der Waals surface area contributed by atoms with Crippen LogP contribution in [0.25, 0.3) is 0 Å². The standard InChI is InChI=1S/C8H8F3N3O2/c1-4(2)7(16)12-5-3-6(15)14(13-5)8(9,10)11/h1,3H2,2H3,(H,12,13,16). The van der Waals surface area contributed by atoms with E-state index in [2.05, 4.69) is 17.0 Å². The summed E-state index contributed by atoms with van der Waals surface area (Å²) in [5, 5.41) is 4.41. The van der Waals surface area contributed by atoms with Crippen molar-refractivity contribution < 1.29 is 22.8 Å². The van der Waals surface area contributed by atoms with Gasteiger partial charge in [0.15, 0.2) is 0 Å². The van der Waals surface area contributed by atoms with Crippen molar-refractivity contribution in [1.82, 2.24) is 10.3 Å². The molecule has 0 aromatic carbocycles. The number of hydrazone groups is 1. The fourth-order valence-electron chi connectivity index (χ4n) is 0.935. The predicted molar refractivity (Wildman–Crippen MR) is 47.9 cm³/mol. The Morgan fingerprint density at radius 2 is 2.12 bits per heavy atom. The summed E-state index contributed by atoms with van der Waals surface area (Å²) >= 11 is 0. The monoisotopic (exact) mass is 235 g/mol. The Bertz CT molecular complexity index is 386. The third-order valence-electron chi connectivity index (χ3n) is 1.66. The molecule has 0 aliphatic carbocycles. The van der Waals surface area contributed by atoms with E-state index in [1.54, 1.807) is 0 Å². The van der Waals surface area contributed by atoms with Crippen LogP contribution in [0, 0.1) is 0 Å². The van der Waals surface area contributed by atoms with Crippen LogP contribution in [-0.4, -0.2) is 29.0 Å². The Hall–Kier alpha value is -1.86. The fourth-order valence-corrected chi connectivity index (χ4v) is 0.935. The Labute approximate surface area is 88.6 Å². The molecule has 0 spiro atoms. The smallest absolute Gasteiger partial charge is 0.308 e. The summed E-state index contributed by atoms with van der Waals surface area (Å²) in [6, 6.07) is 0. The average molecular weight is 235 g/mol. The summed E-state index contributed by atoms with van der Waals surface area (Å²) in [7, 11) is 0. The second-order valence-electron chi connectivity index (χ2n) is 3.13. The first-order valence-corrected chi connectivity index (χ1v) is 4.16. The molecule has 1 aliphatic heterocycles. The molecule has 0 fully saturated rings. The third-order valence-corrected chi connectivity index (χ3v) is 1.66. The number of nitrogens with one attached hydrogen (secondary N) is 1. The largest absolute Gasteiger partial charge is 0.507 e. The molecule has 0 atom stereocenters. The van der Waals surface area contributed by atoms with E-state index in [9.17, 15) is 22.8 Å². The van der Waals surface area contributed by atoms with Gasteiger partial charge in [0.05, 0.1) is 6.42 Å². The van der Waals surface area contributed by atoms with Crippen molar-refractivity contribution in [1.29, 1.82) is 0 Å². The van der Waals surface area contributed by atoms with E-state index in [0.717, 1.165) is 0 Å². The van der Waals surface area contributed by atoms with Gasteiger partial charge < -0.3 is 5.32 Å². The number of nitrogens with zero attached hydrogens (tertiary/aromatic N) is 2. The van der Waals surface area contributed by atoms with Crippen LogP contribution in [0.1, 0.15) is 13.3 Å². The fraction of sp³-hybridized carbons (Fsp3) is 0.375. The molecular formula is C8H8F3N3O2. The Morgan fingerprint density at radius 3 is 2.50 bits per heavy atom. The van der Waals surface area contributed by atoms with Crippen LogP contribution < -0.4 is 5.32 Å². The van der Waals surface area contributed by atoms with Gasteiger partial charge in [0.2, 0.25) is 0 Å². The second-order valence-corrected chi connectivity index (χ2v) is 3.13. The van der Waals surface area contributed by atoms with Gasteiger partial charge in [-0.1, -0.05) is 6.58 Å². The lowest BCUT2D eigenvalue weighted by molar-refractivity contribution is -0.238. The molecule has 88 valence electrons.